The van der Waals surface area contributed by atoms with E-state index in [1.165, 1.54) is 5.56 Å². The Balaban J connectivity index is 2.59. The van der Waals surface area contributed by atoms with E-state index in [-0.39, 0.29) is 0 Å². The van der Waals surface area contributed by atoms with Crippen molar-refractivity contribution in [3.63, 3.8) is 0 Å². The Kier molecular flexibility index (Phi) is 2.81. The molecule has 2 rings (SSSR count). The summed E-state index contributed by atoms with van der Waals surface area (Å²) in [4.78, 5) is 8.51. The van der Waals surface area contributed by atoms with Crippen LogP contribution in [-0.2, 0) is 0 Å². The normalized spacial score (nSPS) is 10.6. The number of hydrogen-bond donors (Lipinski definition) is 2. The second-order valence-corrected chi connectivity index (χ2v) is 4.01. The van der Waals surface area contributed by atoms with Crippen LogP contribution in [0, 0.1) is 27.7 Å². The highest BCUT2D eigenvalue weighted by Crippen LogP contribution is 2.17. The highest BCUT2D eigenvalue weighted by Gasteiger charge is 2.11. The molecule has 0 aromatic carbocycles. The molecule has 0 aliphatic rings. The van der Waals surface area contributed by atoms with Crippen molar-refractivity contribution in [2.75, 3.05) is 5.43 Å². The van der Waals surface area contributed by atoms with Gasteiger partial charge < -0.3 is 5.43 Å². The SMILES string of the molecule is Cc1nc(NN)cc(-n2nc(C)c(C)c2C)n1. The predicted octanol–water partition coefficient (Wildman–Crippen LogP) is 1.18. The highest BCUT2D eigenvalue weighted by molar-refractivity contribution is 5.42. The third-order valence-corrected chi connectivity index (χ3v) is 2.84. The quantitative estimate of drug-likeness (QED) is 0.600. The van der Waals surface area contributed by atoms with Crippen LogP contribution in [0.5, 0.6) is 0 Å². The second kappa shape index (κ2) is 4.14. The van der Waals surface area contributed by atoms with E-state index in [0.717, 1.165) is 17.2 Å². The molecule has 2 aromatic heterocycles. The molecule has 17 heavy (non-hydrogen) atoms. The molecular formula is C11H16N6. The van der Waals surface area contributed by atoms with Crippen molar-refractivity contribution in [2.45, 2.75) is 27.7 Å². The van der Waals surface area contributed by atoms with Crippen LogP contribution >= 0.6 is 0 Å². The summed E-state index contributed by atoms with van der Waals surface area (Å²) in [6, 6.07) is 1.77. The molecule has 0 atom stereocenters. The first-order valence-electron chi connectivity index (χ1n) is 5.38. The molecule has 0 aliphatic carbocycles. The number of aromatic nitrogens is 4. The third kappa shape index (κ3) is 1.99. The van der Waals surface area contributed by atoms with Crippen molar-refractivity contribution in [3.05, 3.63) is 28.8 Å². The van der Waals surface area contributed by atoms with Gasteiger partial charge in [-0.1, -0.05) is 0 Å². The molecular weight excluding hydrogens is 216 g/mol. The summed E-state index contributed by atoms with van der Waals surface area (Å²) in [7, 11) is 0. The molecule has 0 fully saturated rings. The molecule has 0 aliphatic heterocycles. The molecule has 0 saturated carbocycles. The van der Waals surface area contributed by atoms with E-state index in [0.29, 0.717) is 11.6 Å². The summed E-state index contributed by atoms with van der Waals surface area (Å²) in [6.45, 7) is 7.87. The van der Waals surface area contributed by atoms with Crippen LogP contribution in [0.4, 0.5) is 5.82 Å². The van der Waals surface area contributed by atoms with Crippen LogP contribution in [0.1, 0.15) is 22.8 Å². The summed E-state index contributed by atoms with van der Waals surface area (Å²) in [5.41, 5.74) is 5.77. The monoisotopic (exact) mass is 232 g/mol. The lowest BCUT2D eigenvalue weighted by molar-refractivity contribution is 0.793. The number of anilines is 1. The van der Waals surface area contributed by atoms with E-state index in [9.17, 15) is 0 Å². The summed E-state index contributed by atoms with van der Waals surface area (Å²) < 4.78 is 1.81. The Bertz CT molecular complexity index is 557. The first-order valence-corrected chi connectivity index (χ1v) is 5.38. The van der Waals surface area contributed by atoms with E-state index in [2.05, 4.69) is 20.5 Å². The maximum Gasteiger partial charge on any atom is 0.159 e. The number of nitrogens with two attached hydrogens (primary N) is 1. The summed E-state index contributed by atoms with van der Waals surface area (Å²) >= 11 is 0. The minimum absolute atomic E-state index is 0.581. The van der Waals surface area contributed by atoms with Crippen molar-refractivity contribution in [1.82, 2.24) is 19.7 Å². The minimum Gasteiger partial charge on any atom is -0.308 e. The number of nitrogens with one attached hydrogen (secondary N) is 1. The molecule has 6 heteroatoms. The highest BCUT2D eigenvalue weighted by atomic mass is 15.3. The van der Waals surface area contributed by atoms with Gasteiger partial charge in [-0.15, -0.1) is 0 Å². The topological polar surface area (TPSA) is 81.6 Å². The molecule has 90 valence electrons. The van der Waals surface area contributed by atoms with E-state index < -0.39 is 0 Å². The fourth-order valence-electron chi connectivity index (χ4n) is 1.68. The van der Waals surface area contributed by atoms with Crippen molar-refractivity contribution in [2.24, 2.45) is 5.84 Å². The van der Waals surface area contributed by atoms with Gasteiger partial charge >= 0.3 is 0 Å². The molecule has 0 radical (unpaired) electrons. The fourth-order valence-corrected chi connectivity index (χ4v) is 1.68. The maximum atomic E-state index is 5.37. The van der Waals surface area contributed by atoms with Gasteiger partial charge in [0.1, 0.15) is 11.6 Å². The van der Waals surface area contributed by atoms with Gasteiger partial charge in [-0.2, -0.15) is 5.10 Å². The van der Waals surface area contributed by atoms with Gasteiger partial charge in [-0.3, -0.25) is 0 Å². The zero-order valence-electron chi connectivity index (χ0n) is 10.4. The number of aryl methyl sites for hydroxylation is 2. The predicted molar refractivity (Wildman–Crippen MR) is 65.9 cm³/mol. The van der Waals surface area contributed by atoms with Gasteiger partial charge in [0.15, 0.2) is 5.82 Å². The van der Waals surface area contributed by atoms with Gasteiger partial charge in [0.2, 0.25) is 0 Å². The van der Waals surface area contributed by atoms with Crippen LogP contribution in [0.3, 0.4) is 0 Å². The first kappa shape index (κ1) is 11.5. The fraction of sp³-hybridized carbons (Fsp3) is 0.364. The van der Waals surface area contributed by atoms with Gasteiger partial charge in [-0.25, -0.2) is 20.5 Å². The number of nitrogen functional groups attached to an aromatic ring is 1. The van der Waals surface area contributed by atoms with Crippen molar-refractivity contribution in [3.8, 4) is 5.82 Å². The molecule has 0 amide bonds. The smallest absolute Gasteiger partial charge is 0.159 e. The average molecular weight is 232 g/mol. The number of hydrogen-bond acceptors (Lipinski definition) is 5. The largest absolute Gasteiger partial charge is 0.308 e. The molecule has 0 saturated heterocycles. The van der Waals surface area contributed by atoms with E-state index in [1.54, 1.807) is 10.7 Å². The molecule has 2 heterocycles. The van der Waals surface area contributed by atoms with Crippen molar-refractivity contribution >= 4 is 5.82 Å². The van der Waals surface area contributed by atoms with Crippen LogP contribution in [0.25, 0.3) is 5.82 Å². The van der Waals surface area contributed by atoms with Crippen molar-refractivity contribution < 1.29 is 0 Å². The minimum atomic E-state index is 0.581. The lowest BCUT2D eigenvalue weighted by Crippen LogP contribution is -2.12. The third-order valence-electron chi connectivity index (χ3n) is 2.84. The molecule has 6 nitrogen and oxygen atoms in total. The molecule has 0 spiro atoms. The van der Waals surface area contributed by atoms with E-state index >= 15 is 0 Å². The first-order chi connectivity index (χ1) is 8.02. The Morgan fingerprint density at radius 3 is 2.41 bits per heavy atom. The second-order valence-electron chi connectivity index (χ2n) is 4.01. The van der Waals surface area contributed by atoms with Gasteiger partial charge in [-0.05, 0) is 33.3 Å². The number of rotatable bonds is 2. The Morgan fingerprint density at radius 1 is 1.18 bits per heavy atom. The van der Waals surface area contributed by atoms with Crippen LogP contribution in [0.2, 0.25) is 0 Å². The van der Waals surface area contributed by atoms with Gasteiger partial charge in [0.05, 0.1) is 5.69 Å². The Morgan fingerprint density at radius 2 is 1.88 bits per heavy atom. The zero-order chi connectivity index (χ0) is 12.6. The summed E-state index contributed by atoms with van der Waals surface area (Å²) in [5.74, 6) is 7.32. The average Bonchev–Trinajstić information content (AvgIpc) is 2.56. The number of nitrogens with zero attached hydrogens (tertiary/aromatic N) is 4. The summed E-state index contributed by atoms with van der Waals surface area (Å²) in [6.07, 6.45) is 0. The van der Waals surface area contributed by atoms with Crippen LogP contribution in [-0.4, -0.2) is 19.7 Å². The van der Waals surface area contributed by atoms with Crippen LogP contribution in [0.15, 0.2) is 6.07 Å². The summed E-state index contributed by atoms with van der Waals surface area (Å²) in [5, 5.41) is 4.45. The van der Waals surface area contributed by atoms with Gasteiger partial charge in [0, 0.05) is 11.8 Å². The molecule has 0 unspecified atom stereocenters. The van der Waals surface area contributed by atoms with E-state index in [1.807, 2.05) is 27.7 Å². The van der Waals surface area contributed by atoms with Gasteiger partial charge in [0.25, 0.3) is 0 Å². The van der Waals surface area contributed by atoms with Crippen LogP contribution < -0.4 is 11.3 Å². The van der Waals surface area contributed by atoms with Crippen molar-refractivity contribution in [1.29, 1.82) is 0 Å². The standard InChI is InChI=1S/C11H16N6/c1-6-7(2)16-17(8(6)3)11-5-10(15-12)13-9(4)14-11/h5H,12H2,1-4H3,(H,13,14,15). The Labute approximate surface area is 99.9 Å². The molecule has 3 N–H and O–H groups in total. The zero-order valence-corrected chi connectivity index (χ0v) is 10.4. The van der Waals surface area contributed by atoms with E-state index in [4.69, 9.17) is 5.84 Å². The molecule has 2 aromatic rings. The lowest BCUT2D eigenvalue weighted by Gasteiger charge is -2.07. The Hall–Kier alpha value is -1.95. The molecule has 0 bridgehead atoms. The number of hydrazine groups is 1. The maximum absolute atomic E-state index is 5.37. The lowest BCUT2D eigenvalue weighted by atomic mass is 10.2.